The van der Waals surface area contributed by atoms with Gasteiger partial charge in [0.25, 0.3) is 0 Å². The van der Waals surface area contributed by atoms with E-state index >= 15 is 0 Å². The van der Waals surface area contributed by atoms with Crippen molar-refractivity contribution in [1.82, 2.24) is 15.0 Å². The number of fused-ring (bicyclic) bond motifs is 1. The Labute approximate surface area is 138 Å². The van der Waals surface area contributed by atoms with Crippen LogP contribution in [0.3, 0.4) is 0 Å². The summed E-state index contributed by atoms with van der Waals surface area (Å²) in [5.74, 6) is 0.402. The van der Waals surface area contributed by atoms with E-state index in [0.29, 0.717) is 22.7 Å². The zero-order valence-corrected chi connectivity index (χ0v) is 13.2. The quantitative estimate of drug-likeness (QED) is 0.674. The molecule has 0 radical (unpaired) electrons. The van der Waals surface area contributed by atoms with E-state index in [0.717, 1.165) is 36.8 Å². The van der Waals surface area contributed by atoms with E-state index in [1.165, 1.54) is 12.1 Å². The van der Waals surface area contributed by atoms with Gasteiger partial charge in [0.1, 0.15) is 11.5 Å². The van der Waals surface area contributed by atoms with Gasteiger partial charge in [-0.2, -0.15) is 0 Å². The van der Waals surface area contributed by atoms with Crippen molar-refractivity contribution < 1.29 is 9.50 Å². The molecule has 6 heteroatoms. The predicted molar refractivity (Wildman–Crippen MR) is 90.9 cm³/mol. The molecule has 124 valence electrons. The number of anilines is 1. The summed E-state index contributed by atoms with van der Waals surface area (Å²) in [7, 11) is 0. The number of hydrogen-bond acceptors (Lipinski definition) is 4. The summed E-state index contributed by atoms with van der Waals surface area (Å²) in [6, 6.07) is 6.28. The van der Waals surface area contributed by atoms with E-state index in [2.05, 4.69) is 9.97 Å². The minimum absolute atomic E-state index is 0.226. The summed E-state index contributed by atoms with van der Waals surface area (Å²) in [4.78, 5) is 12.3. The molecule has 0 unspecified atom stereocenters. The zero-order chi connectivity index (χ0) is 16.7. The molecule has 4 N–H and O–H groups in total. The predicted octanol–water partition coefficient (Wildman–Crippen LogP) is 3.36. The van der Waals surface area contributed by atoms with E-state index < -0.39 is 0 Å². The van der Waals surface area contributed by atoms with Crippen LogP contribution in [0.25, 0.3) is 22.4 Å². The molecule has 0 atom stereocenters. The summed E-state index contributed by atoms with van der Waals surface area (Å²) < 4.78 is 13.6. The molecule has 1 aliphatic carbocycles. The Balaban J connectivity index is 1.86. The third-order valence-electron chi connectivity index (χ3n) is 4.76. The molecule has 0 bridgehead atoms. The number of aromatic nitrogens is 3. The van der Waals surface area contributed by atoms with Crippen LogP contribution in [-0.2, 0) is 0 Å². The van der Waals surface area contributed by atoms with E-state index in [4.69, 9.17) is 10.7 Å². The van der Waals surface area contributed by atoms with Crippen molar-refractivity contribution in [1.29, 1.82) is 0 Å². The number of aliphatic hydroxyl groups excluding tert-OH is 1. The molecule has 3 aromatic rings. The molecule has 24 heavy (non-hydrogen) atoms. The lowest BCUT2D eigenvalue weighted by molar-refractivity contribution is 0.122. The fraction of sp³-hybridized carbons (Fsp3) is 0.333. The molecule has 0 aliphatic heterocycles. The van der Waals surface area contributed by atoms with Crippen LogP contribution in [-0.4, -0.2) is 26.2 Å². The Morgan fingerprint density at radius 3 is 2.71 bits per heavy atom. The van der Waals surface area contributed by atoms with Gasteiger partial charge in [-0.3, -0.25) is 0 Å². The van der Waals surface area contributed by atoms with Gasteiger partial charge in [0.15, 0.2) is 5.82 Å². The number of halogens is 1. The number of benzene rings is 1. The van der Waals surface area contributed by atoms with Gasteiger partial charge < -0.3 is 15.8 Å². The van der Waals surface area contributed by atoms with Crippen molar-refractivity contribution in [2.45, 2.75) is 37.7 Å². The maximum absolute atomic E-state index is 13.6. The van der Waals surface area contributed by atoms with Crippen molar-refractivity contribution >= 4 is 16.7 Å². The second-order valence-electron chi connectivity index (χ2n) is 6.42. The zero-order valence-electron chi connectivity index (χ0n) is 13.2. The van der Waals surface area contributed by atoms with Gasteiger partial charge in [0, 0.05) is 17.7 Å². The summed E-state index contributed by atoms with van der Waals surface area (Å²) >= 11 is 0. The summed E-state index contributed by atoms with van der Waals surface area (Å²) in [6.45, 7) is 0. The van der Waals surface area contributed by atoms with Crippen molar-refractivity contribution in [2.24, 2.45) is 0 Å². The highest BCUT2D eigenvalue weighted by Crippen LogP contribution is 2.37. The first-order chi connectivity index (χ1) is 11.6. The van der Waals surface area contributed by atoms with Crippen molar-refractivity contribution in [3.05, 3.63) is 42.0 Å². The van der Waals surface area contributed by atoms with Crippen LogP contribution >= 0.6 is 0 Å². The fourth-order valence-corrected chi connectivity index (χ4v) is 3.49. The van der Waals surface area contributed by atoms with Gasteiger partial charge in [-0.1, -0.05) is 12.1 Å². The van der Waals surface area contributed by atoms with E-state index in [1.54, 1.807) is 18.3 Å². The molecular weight excluding hydrogens is 307 g/mol. The second kappa shape index (κ2) is 5.87. The van der Waals surface area contributed by atoms with Gasteiger partial charge in [0.2, 0.25) is 0 Å². The highest BCUT2D eigenvalue weighted by atomic mass is 19.1. The molecule has 5 nitrogen and oxygen atoms in total. The third-order valence-corrected chi connectivity index (χ3v) is 4.76. The normalized spacial score (nSPS) is 21.2. The molecule has 2 heterocycles. The smallest absolute Gasteiger partial charge is 0.161 e. The Hall–Kier alpha value is -2.47. The molecule has 0 saturated heterocycles. The van der Waals surface area contributed by atoms with Gasteiger partial charge in [0.05, 0.1) is 22.9 Å². The topological polar surface area (TPSA) is 87.8 Å². The molecule has 1 saturated carbocycles. The molecule has 1 aliphatic rings. The number of hydrogen-bond donors (Lipinski definition) is 3. The SMILES string of the molecule is Nc1c[nH]c2nc(-c3cccc(F)c3)nc([C@H]3CC[C@H](O)CC3)c12. The van der Waals surface area contributed by atoms with Gasteiger partial charge in [-0.25, -0.2) is 14.4 Å². The lowest BCUT2D eigenvalue weighted by Gasteiger charge is -2.25. The Kier molecular flexibility index (Phi) is 3.69. The number of nitrogen functional groups attached to an aromatic ring is 1. The molecule has 1 aromatic carbocycles. The number of aromatic amines is 1. The molecule has 2 aromatic heterocycles. The Bertz CT molecular complexity index is 884. The standard InChI is InChI=1S/C18H19FN4O/c19-12-3-1-2-11(8-12)17-22-16(10-4-6-13(24)7-5-10)15-14(20)9-21-18(15)23-17/h1-3,8-10,13,24H,4-7,20H2,(H,21,22,23)/t10-,13-. The number of nitrogens with zero attached hydrogens (tertiary/aromatic N) is 2. The summed E-state index contributed by atoms with van der Waals surface area (Å²) in [5, 5.41) is 10.6. The van der Waals surface area contributed by atoms with Crippen LogP contribution in [0.5, 0.6) is 0 Å². The first-order valence-corrected chi connectivity index (χ1v) is 8.20. The van der Waals surface area contributed by atoms with Crippen molar-refractivity contribution in [3.63, 3.8) is 0 Å². The van der Waals surface area contributed by atoms with Crippen LogP contribution in [0.2, 0.25) is 0 Å². The highest BCUT2D eigenvalue weighted by Gasteiger charge is 2.26. The monoisotopic (exact) mass is 326 g/mol. The van der Waals surface area contributed by atoms with E-state index in [9.17, 15) is 9.50 Å². The fourth-order valence-electron chi connectivity index (χ4n) is 3.49. The number of aliphatic hydroxyl groups is 1. The summed E-state index contributed by atoms with van der Waals surface area (Å²) in [6.07, 6.45) is 4.73. The first kappa shape index (κ1) is 15.1. The summed E-state index contributed by atoms with van der Waals surface area (Å²) in [5.41, 5.74) is 8.93. The van der Waals surface area contributed by atoms with Crippen LogP contribution in [0.15, 0.2) is 30.5 Å². The molecular formula is C18H19FN4O. The Morgan fingerprint density at radius 2 is 1.96 bits per heavy atom. The highest BCUT2D eigenvalue weighted by molar-refractivity contribution is 5.92. The number of rotatable bonds is 2. The minimum atomic E-state index is -0.315. The van der Waals surface area contributed by atoms with Crippen LogP contribution in [0.1, 0.15) is 37.3 Å². The number of nitrogens with one attached hydrogen (secondary N) is 1. The average Bonchev–Trinajstić information content (AvgIpc) is 2.96. The Morgan fingerprint density at radius 1 is 1.17 bits per heavy atom. The second-order valence-corrected chi connectivity index (χ2v) is 6.42. The van der Waals surface area contributed by atoms with E-state index in [1.807, 2.05) is 0 Å². The molecule has 4 rings (SSSR count). The first-order valence-electron chi connectivity index (χ1n) is 8.20. The maximum Gasteiger partial charge on any atom is 0.161 e. The van der Waals surface area contributed by atoms with Gasteiger partial charge in [-0.05, 0) is 37.8 Å². The van der Waals surface area contributed by atoms with Crippen LogP contribution in [0.4, 0.5) is 10.1 Å². The molecule has 0 amide bonds. The molecule has 1 fully saturated rings. The molecule has 0 spiro atoms. The lowest BCUT2D eigenvalue weighted by atomic mass is 9.84. The largest absolute Gasteiger partial charge is 0.397 e. The number of H-pyrrole nitrogens is 1. The number of nitrogens with two attached hydrogens (primary N) is 1. The van der Waals surface area contributed by atoms with Gasteiger partial charge >= 0.3 is 0 Å². The minimum Gasteiger partial charge on any atom is -0.397 e. The van der Waals surface area contributed by atoms with Crippen molar-refractivity contribution in [3.8, 4) is 11.4 Å². The van der Waals surface area contributed by atoms with Crippen molar-refractivity contribution in [2.75, 3.05) is 5.73 Å². The van der Waals surface area contributed by atoms with Crippen LogP contribution < -0.4 is 5.73 Å². The third kappa shape index (κ3) is 2.63. The van der Waals surface area contributed by atoms with Crippen LogP contribution in [0, 0.1) is 5.82 Å². The van der Waals surface area contributed by atoms with E-state index in [-0.39, 0.29) is 17.8 Å². The maximum atomic E-state index is 13.6. The average molecular weight is 326 g/mol. The lowest BCUT2D eigenvalue weighted by Crippen LogP contribution is -2.18. The van der Waals surface area contributed by atoms with Gasteiger partial charge in [-0.15, -0.1) is 0 Å².